The quantitative estimate of drug-likeness (QED) is 0.757. The molecule has 0 bridgehead atoms. The Hall–Kier alpha value is -2.28. The van der Waals surface area contributed by atoms with Crippen LogP contribution in [0.25, 0.3) is 0 Å². The SMILES string of the molecule is C#CCNC(=O)C[C@@H](C)NC(=O)c1ccccc1. The average molecular weight is 244 g/mol. The first-order chi connectivity index (χ1) is 8.63. The van der Waals surface area contributed by atoms with Gasteiger partial charge >= 0.3 is 0 Å². The molecule has 94 valence electrons. The van der Waals surface area contributed by atoms with Gasteiger partial charge in [0.1, 0.15) is 0 Å². The molecule has 0 radical (unpaired) electrons. The zero-order valence-electron chi connectivity index (χ0n) is 10.3. The lowest BCUT2D eigenvalue weighted by Crippen LogP contribution is -2.37. The van der Waals surface area contributed by atoms with Crippen molar-refractivity contribution in [3.05, 3.63) is 35.9 Å². The van der Waals surface area contributed by atoms with Crippen molar-refractivity contribution in [3.8, 4) is 12.3 Å². The predicted molar refractivity (Wildman–Crippen MR) is 69.8 cm³/mol. The maximum absolute atomic E-state index is 11.8. The van der Waals surface area contributed by atoms with E-state index in [9.17, 15) is 9.59 Å². The molecule has 0 unspecified atom stereocenters. The second kappa shape index (κ2) is 7.13. The molecule has 0 aromatic heterocycles. The van der Waals surface area contributed by atoms with E-state index in [0.29, 0.717) is 5.56 Å². The van der Waals surface area contributed by atoms with Crippen LogP contribution in [-0.2, 0) is 4.79 Å². The maximum atomic E-state index is 11.8. The van der Waals surface area contributed by atoms with Crippen molar-refractivity contribution < 1.29 is 9.59 Å². The fourth-order valence-corrected chi connectivity index (χ4v) is 1.45. The van der Waals surface area contributed by atoms with E-state index >= 15 is 0 Å². The summed E-state index contributed by atoms with van der Waals surface area (Å²) < 4.78 is 0. The molecule has 0 fully saturated rings. The number of carbonyl (C=O) groups excluding carboxylic acids is 2. The first-order valence-electron chi connectivity index (χ1n) is 5.69. The standard InChI is InChI=1S/C14H16N2O2/c1-3-9-15-13(17)10-11(2)16-14(18)12-7-5-4-6-8-12/h1,4-8,11H,9-10H2,2H3,(H,15,17)(H,16,18)/t11-/m1/s1. The molecule has 1 atom stereocenters. The van der Waals surface area contributed by atoms with E-state index in [1.807, 2.05) is 6.07 Å². The molecule has 1 aromatic carbocycles. The minimum atomic E-state index is -0.240. The largest absolute Gasteiger partial charge is 0.349 e. The number of hydrogen-bond acceptors (Lipinski definition) is 2. The van der Waals surface area contributed by atoms with Gasteiger partial charge in [-0.05, 0) is 19.1 Å². The monoisotopic (exact) mass is 244 g/mol. The molecule has 0 aliphatic rings. The van der Waals surface area contributed by atoms with E-state index in [1.165, 1.54) is 0 Å². The smallest absolute Gasteiger partial charge is 0.251 e. The second-order valence-corrected chi connectivity index (χ2v) is 3.93. The lowest BCUT2D eigenvalue weighted by atomic mass is 10.1. The van der Waals surface area contributed by atoms with Crippen LogP contribution in [0.15, 0.2) is 30.3 Å². The van der Waals surface area contributed by atoms with Crippen LogP contribution < -0.4 is 10.6 Å². The van der Waals surface area contributed by atoms with Gasteiger partial charge in [0.2, 0.25) is 5.91 Å². The van der Waals surface area contributed by atoms with Gasteiger partial charge in [-0.2, -0.15) is 0 Å². The summed E-state index contributed by atoms with van der Waals surface area (Å²) in [4.78, 5) is 23.1. The van der Waals surface area contributed by atoms with Gasteiger partial charge in [-0.15, -0.1) is 6.42 Å². The van der Waals surface area contributed by atoms with Crippen molar-refractivity contribution >= 4 is 11.8 Å². The molecule has 1 rings (SSSR count). The molecule has 2 amide bonds. The van der Waals surface area contributed by atoms with Crippen molar-refractivity contribution in [2.75, 3.05) is 6.54 Å². The summed E-state index contributed by atoms with van der Waals surface area (Å²) >= 11 is 0. The van der Waals surface area contributed by atoms with Crippen LogP contribution in [0.4, 0.5) is 0 Å². The van der Waals surface area contributed by atoms with E-state index in [1.54, 1.807) is 31.2 Å². The predicted octanol–water partition coefficient (Wildman–Crippen LogP) is 0.944. The van der Waals surface area contributed by atoms with Gasteiger partial charge < -0.3 is 10.6 Å². The molecular weight excluding hydrogens is 228 g/mol. The third-order valence-electron chi connectivity index (χ3n) is 2.29. The van der Waals surface area contributed by atoms with Crippen molar-refractivity contribution in [2.24, 2.45) is 0 Å². The van der Waals surface area contributed by atoms with Crippen molar-refractivity contribution in [1.82, 2.24) is 10.6 Å². The first kappa shape index (κ1) is 13.8. The Bertz CT molecular complexity index is 449. The molecule has 0 saturated carbocycles. The van der Waals surface area contributed by atoms with E-state index in [2.05, 4.69) is 16.6 Å². The Morgan fingerprint density at radius 1 is 1.33 bits per heavy atom. The van der Waals surface area contributed by atoms with Crippen molar-refractivity contribution in [3.63, 3.8) is 0 Å². The van der Waals surface area contributed by atoms with Gasteiger partial charge in [-0.3, -0.25) is 9.59 Å². The van der Waals surface area contributed by atoms with Crippen LogP contribution in [0.5, 0.6) is 0 Å². The number of nitrogens with one attached hydrogen (secondary N) is 2. The van der Waals surface area contributed by atoms with Gasteiger partial charge in [-0.25, -0.2) is 0 Å². The molecular formula is C14H16N2O2. The van der Waals surface area contributed by atoms with Crippen LogP contribution in [0.3, 0.4) is 0 Å². The molecule has 18 heavy (non-hydrogen) atoms. The van der Waals surface area contributed by atoms with E-state index < -0.39 is 0 Å². The number of benzene rings is 1. The zero-order chi connectivity index (χ0) is 13.4. The first-order valence-corrected chi connectivity index (χ1v) is 5.69. The summed E-state index contributed by atoms with van der Waals surface area (Å²) in [6.45, 7) is 1.98. The topological polar surface area (TPSA) is 58.2 Å². The van der Waals surface area contributed by atoms with E-state index in [4.69, 9.17) is 6.42 Å². The maximum Gasteiger partial charge on any atom is 0.251 e. The Labute approximate surface area is 107 Å². The molecule has 0 spiro atoms. The summed E-state index contributed by atoms with van der Waals surface area (Å²) in [7, 11) is 0. The van der Waals surface area contributed by atoms with Crippen molar-refractivity contribution in [2.45, 2.75) is 19.4 Å². The number of amides is 2. The van der Waals surface area contributed by atoms with Crippen LogP contribution >= 0.6 is 0 Å². The highest BCUT2D eigenvalue weighted by Gasteiger charge is 2.12. The van der Waals surface area contributed by atoms with Gasteiger partial charge in [0.05, 0.1) is 6.54 Å². The summed E-state index contributed by atoms with van der Waals surface area (Å²) in [6.07, 6.45) is 5.24. The fourth-order valence-electron chi connectivity index (χ4n) is 1.45. The highest BCUT2D eigenvalue weighted by molar-refractivity contribution is 5.94. The normalized spacial score (nSPS) is 11.1. The number of rotatable bonds is 5. The van der Waals surface area contributed by atoms with Crippen LogP contribution in [0.1, 0.15) is 23.7 Å². The third-order valence-corrected chi connectivity index (χ3v) is 2.29. The average Bonchev–Trinajstić information content (AvgIpc) is 2.37. The number of carbonyl (C=O) groups is 2. The molecule has 1 aromatic rings. The van der Waals surface area contributed by atoms with Crippen LogP contribution in [0.2, 0.25) is 0 Å². The molecule has 2 N–H and O–H groups in total. The van der Waals surface area contributed by atoms with Gasteiger partial charge in [-0.1, -0.05) is 24.1 Å². The van der Waals surface area contributed by atoms with Gasteiger partial charge in [0.15, 0.2) is 0 Å². The van der Waals surface area contributed by atoms with E-state index in [0.717, 1.165) is 0 Å². The van der Waals surface area contributed by atoms with Crippen LogP contribution in [-0.4, -0.2) is 24.4 Å². The number of hydrogen-bond donors (Lipinski definition) is 2. The second-order valence-electron chi connectivity index (χ2n) is 3.93. The molecule has 4 heteroatoms. The summed E-state index contributed by atoms with van der Waals surface area (Å²) in [5.74, 6) is 1.96. The van der Waals surface area contributed by atoms with Gasteiger partial charge in [0.25, 0.3) is 5.91 Å². The fraction of sp³-hybridized carbons (Fsp3) is 0.286. The molecule has 0 aliphatic carbocycles. The highest BCUT2D eigenvalue weighted by atomic mass is 16.2. The third kappa shape index (κ3) is 4.71. The molecule has 0 aliphatic heterocycles. The molecule has 0 heterocycles. The Morgan fingerprint density at radius 3 is 2.61 bits per heavy atom. The lowest BCUT2D eigenvalue weighted by Gasteiger charge is -2.13. The molecule has 0 saturated heterocycles. The van der Waals surface area contributed by atoms with Crippen molar-refractivity contribution in [1.29, 1.82) is 0 Å². The zero-order valence-corrected chi connectivity index (χ0v) is 10.3. The summed E-state index contributed by atoms with van der Waals surface area (Å²) in [6, 6.07) is 8.63. The number of terminal acetylenes is 1. The summed E-state index contributed by atoms with van der Waals surface area (Å²) in [5, 5.41) is 5.30. The van der Waals surface area contributed by atoms with Crippen LogP contribution in [0, 0.1) is 12.3 Å². The van der Waals surface area contributed by atoms with Gasteiger partial charge in [0, 0.05) is 18.0 Å². The summed E-state index contributed by atoms with van der Waals surface area (Å²) in [5.41, 5.74) is 0.577. The minimum Gasteiger partial charge on any atom is -0.349 e. The van der Waals surface area contributed by atoms with E-state index in [-0.39, 0.29) is 30.8 Å². The Morgan fingerprint density at radius 2 is 2.00 bits per heavy atom. The molecule has 4 nitrogen and oxygen atoms in total. The highest BCUT2D eigenvalue weighted by Crippen LogP contribution is 2.00. The lowest BCUT2D eigenvalue weighted by molar-refractivity contribution is -0.121. The Kier molecular flexibility index (Phi) is 5.46. The minimum absolute atomic E-state index is 0.172. The Balaban J connectivity index is 2.41.